The van der Waals surface area contributed by atoms with E-state index in [0.717, 1.165) is 0 Å². The molecule has 1 fully saturated rings. The van der Waals surface area contributed by atoms with Gasteiger partial charge in [-0.2, -0.15) is 0 Å². The molecule has 0 radical (unpaired) electrons. The fraction of sp³-hybridized carbons (Fsp3) is 0.500. The van der Waals surface area contributed by atoms with Crippen molar-refractivity contribution in [1.29, 1.82) is 0 Å². The van der Waals surface area contributed by atoms with E-state index in [0.29, 0.717) is 5.56 Å². The van der Waals surface area contributed by atoms with Gasteiger partial charge < -0.3 is 25.8 Å². The molecule has 0 saturated carbocycles. The number of thiol groups is 1. The van der Waals surface area contributed by atoms with Crippen LogP contribution in [-0.4, -0.2) is 46.3 Å². The van der Waals surface area contributed by atoms with E-state index in [9.17, 15) is 15.3 Å². The summed E-state index contributed by atoms with van der Waals surface area (Å²) in [7, 11) is 0. The third-order valence-corrected chi connectivity index (χ3v) is 3.91. The highest BCUT2D eigenvalue weighted by atomic mass is 32.1. The maximum absolute atomic E-state index is 9.93. The molecule has 2 rings (SSSR count). The van der Waals surface area contributed by atoms with Crippen LogP contribution in [0.5, 0.6) is 0 Å². The zero-order valence-corrected chi connectivity index (χ0v) is 10.6. The first-order chi connectivity index (χ1) is 8.50. The Morgan fingerprint density at radius 1 is 1.22 bits per heavy atom. The van der Waals surface area contributed by atoms with Gasteiger partial charge in [-0.1, -0.05) is 30.3 Å². The van der Waals surface area contributed by atoms with E-state index in [-0.39, 0.29) is 0 Å². The maximum atomic E-state index is 9.93. The van der Waals surface area contributed by atoms with E-state index in [1.807, 2.05) is 6.07 Å². The molecule has 18 heavy (non-hydrogen) atoms. The summed E-state index contributed by atoms with van der Waals surface area (Å²) in [5.74, 6) is 0. The van der Waals surface area contributed by atoms with Crippen LogP contribution in [-0.2, 0) is 9.67 Å². The summed E-state index contributed by atoms with van der Waals surface area (Å²) in [4.78, 5) is -1.24. The van der Waals surface area contributed by atoms with Crippen molar-refractivity contribution in [3.05, 3.63) is 35.9 Å². The zero-order chi connectivity index (χ0) is 13.3. The van der Waals surface area contributed by atoms with Crippen molar-refractivity contribution in [3.63, 3.8) is 0 Å². The van der Waals surface area contributed by atoms with Gasteiger partial charge >= 0.3 is 0 Å². The Hall–Kier alpha value is -0.630. The Morgan fingerprint density at radius 3 is 2.39 bits per heavy atom. The van der Waals surface area contributed by atoms with E-state index in [1.165, 1.54) is 0 Å². The molecule has 0 amide bonds. The largest absolute Gasteiger partial charge is 0.394 e. The number of hydrogen-bond donors (Lipinski definition) is 5. The van der Waals surface area contributed by atoms with Gasteiger partial charge in [-0.25, -0.2) is 0 Å². The number of benzene rings is 1. The van der Waals surface area contributed by atoms with Crippen LogP contribution in [0.2, 0.25) is 0 Å². The number of hydrogen-bond acceptors (Lipinski definition) is 6. The molecular formula is C12H17NO4S. The lowest BCUT2D eigenvalue weighted by Crippen LogP contribution is -2.64. The third-order valence-electron chi connectivity index (χ3n) is 3.25. The fourth-order valence-electron chi connectivity index (χ4n) is 2.13. The van der Waals surface area contributed by atoms with Crippen molar-refractivity contribution >= 4 is 12.6 Å². The maximum Gasteiger partial charge on any atom is 0.154 e. The summed E-state index contributed by atoms with van der Waals surface area (Å²) in [5.41, 5.74) is 6.57. The minimum Gasteiger partial charge on any atom is -0.394 e. The molecule has 5 atom stereocenters. The number of ether oxygens (including phenoxy) is 1. The zero-order valence-electron chi connectivity index (χ0n) is 9.68. The Bertz CT molecular complexity index is 402. The summed E-state index contributed by atoms with van der Waals surface area (Å²) in [6, 6.07) is 8.08. The molecular weight excluding hydrogens is 254 g/mol. The summed E-state index contributed by atoms with van der Waals surface area (Å²) in [6.07, 6.45) is -3.36. The van der Waals surface area contributed by atoms with Crippen molar-refractivity contribution < 1.29 is 20.1 Å². The van der Waals surface area contributed by atoms with E-state index >= 15 is 0 Å². The first-order valence-corrected chi connectivity index (χ1v) is 6.13. The fourth-order valence-corrected chi connectivity index (χ4v) is 2.56. The summed E-state index contributed by atoms with van der Waals surface area (Å²) >= 11 is 4.42. The molecule has 100 valence electrons. The summed E-state index contributed by atoms with van der Waals surface area (Å²) in [6.45, 7) is -0.417. The lowest BCUT2D eigenvalue weighted by molar-refractivity contribution is -0.204. The predicted octanol–water partition coefficient (Wildman–Crippen LogP) is -0.791. The highest BCUT2D eigenvalue weighted by Crippen LogP contribution is 2.40. The van der Waals surface area contributed by atoms with Crippen molar-refractivity contribution in [2.45, 2.75) is 29.3 Å². The number of aliphatic hydroxyl groups is 3. The summed E-state index contributed by atoms with van der Waals surface area (Å²) < 4.78 is 5.58. The van der Waals surface area contributed by atoms with Crippen molar-refractivity contribution in [3.8, 4) is 0 Å². The highest BCUT2D eigenvalue weighted by Gasteiger charge is 2.51. The van der Waals surface area contributed by atoms with Gasteiger partial charge in [0.05, 0.1) is 12.6 Å². The Kier molecular flexibility index (Phi) is 3.96. The second-order valence-electron chi connectivity index (χ2n) is 4.41. The predicted molar refractivity (Wildman–Crippen MR) is 69.1 cm³/mol. The van der Waals surface area contributed by atoms with Gasteiger partial charge in [0.15, 0.2) is 4.93 Å². The summed E-state index contributed by atoms with van der Waals surface area (Å²) in [5, 5.41) is 28.8. The molecule has 1 saturated heterocycles. The van der Waals surface area contributed by atoms with Gasteiger partial charge in [-0.15, -0.1) is 12.6 Å². The quantitative estimate of drug-likeness (QED) is 0.454. The van der Waals surface area contributed by atoms with Crippen LogP contribution >= 0.6 is 12.6 Å². The van der Waals surface area contributed by atoms with Gasteiger partial charge in [0.25, 0.3) is 0 Å². The monoisotopic (exact) mass is 271 g/mol. The van der Waals surface area contributed by atoms with E-state index in [2.05, 4.69) is 12.6 Å². The lowest BCUT2D eigenvalue weighted by Gasteiger charge is -2.47. The van der Waals surface area contributed by atoms with Crippen LogP contribution < -0.4 is 5.73 Å². The second kappa shape index (κ2) is 5.16. The molecule has 1 aliphatic rings. The third kappa shape index (κ3) is 2.16. The molecule has 1 heterocycles. The average Bonchev–Trinajstić information content (AvgIpc) is 2.41. The van der Waals surface area contributed by atoms with Gasteiger partial charge in [-0.3, -0.25) is 0 Å². The van der Waals surface area contributed by atoms with Crippen molar-refractivity contribution in [2.75, 3.05) is 6.61 Å². The number of rotatable bonds is 2. The molecule has 6 heteroatoms. The molecule has 5 nitrogen and oxygen atoms in total. The standard InChI is InChI=1S/C12H17NO4S/c13-11-10(16)9(15)8(6-14)17-12(11,18)7-4-2-1-3-5-7/h1-5,8-11,14-16,18H,6,13H2/t8-,9-,10+,11-,12?/m1/s1. The minimum atomic E-state index is -1.24. The molecule has 0 aliphatic carbocycles. The van der Waals surface area contributed by atoms with Gasteiger partial charge in [-0.05, 0) is 5.56 Å². The van der Waals surface area contributed by atoms with Crippen LogP contribution in [0.1, 0.15) is 5.56 Å². The van der Waals surface area contributed by atoms with Crippen LogP contribution in [0.4, 0.5) is 0 Å². The Balaban J connectivity index is 2.37. The van der Waals surface area contributed by atoms with Crippen LogP contribution in [0.15, 0.2) is 30.3 Å². The lowest BCUT2D eigenvalue weighted by atomic mass is 9.89. The van der Waals surface area contributed by atoms with E-state index in [1.54, 1.807) is 24.3 Å². The van der Waals surface area contributed by atoms with Gasteiger partial charge in [0.1, 0.15) is 18.3 Å². The minimum absolute atomic E-state index is 0.417. The van der Waals surface area contributed by atoms with Gasteiger partial charge in [0, 0.05) is 0 Å². The molecule has 0 bridgehead atoms. The van der Waals surface area contributed by atoms with Crippen molar-refractivity contribution in [2.24, 2.45) is 5.73 Å². The molecule has 1 unspecified atom stereocenters. The first kappa shape index (κ1) is 13.8. The van der Waals surface area contributed by atoms with E-state index in [4.69, 9.17) is 10.5 Å². The topological polar surface area (TPSA) is 95.9 Å². The van der Waals surface area contributed by atoms with E-state index < -0.39 is 35.9 Å². The first-order valence-electron chi connectivity index (χ1n) is 5.69. The molecule has 1 aliphatic heterocycles. The smallest absolute Gasteiger partial charge is 0.154 e. The molecule has 5 N–H and O–H groups in total. The Morgan fingerprint density at radius 2 is 1.83 bits per heavy atom. The normalized spacial score (nSPS) is 40.7. The highest BCUT2D eigenvalue weighted by molar-refractivity contribution is 7.81. The second-order valence-corrected chi connectivity index (χ2v) is 5.07. The van der Waals surface area contributed by atoms with Gasteiger partial charge in [0.2, 0.25) is 0 Å². The van der Waals surface area contributed by atoms with Crippen molar-refractivity contribution in [1.82, 2.24) is 0 Å². The van der Waals surface area contributed by atoms with Crippen LogP contribution in [0, 0.1) is 0 Å². The molecule has 0 aromatic heterocycles. The molecule has 1 aromatic carbocycles. The van der Waals surface area contributed by atoms with Crippen LogP contribution in [0.25, 0.3) is 0 Å². The number of nitrogens with two attached hydrogens (primary N) is 1. The Labute approximate surface area is 111 Å². The molecule has 1 aromatic rings. The SMILES string of the molecule is N[C@@H]1[C@@H](O)[C@H](O)[C@@H](CO)OC1(S)c1ccccc1. The average molecular weight is 271 g/mol. The van der Waals surface area contributed by atoms with Crippen LogP contribution in [0.3, 0.4) is 0 Å². The molecule has 0 spiro atoms. The number of aliphatic hydroxyl groups excluding tert-OH is 3.